The number of fused-ring (bicyclic) bond motifs is 1. The Bertz CT molecular complexity index is 915. The second-order valence-electron chi connectivity index (χ2n) is 10.4. The molecule has 4 aliphatic rings. The number of nitrogens with zero attached hydrogens (tertiary/aromatic N) is 1. The van der Waals surface area contributed by atoms with Gasteiger partial charge in [0.25, 0.3) is 0 Å². The molecule has 0 spiro atoms. The molecule has 2 saturated carbocycles. The van der Waals surface area contributed by atoms with Gasteiger partial charge in [-0.2, -0.15) is 0 Å². The Hall–Kier alpha value is -2.20. The van der Waals surface area contributed by atoms with Crippen LogP contribution >= 0.6 is 0 Å². The number of hydrogen-bond donors (Lipinski definition) is 6. The first-order valence-electron chi connectivity index (χ1n) is 12.2. The van der Waals surface area contributed by atoms with E-state index in [0.29, 0.717) is 5.75 Å². The summed E-state index contributed by atoms with van der Waals surface area (Å²) in [6.45, 7) is 2.29. The molecule has 0 aromatic heterocycles. The van der Waals surface area contributed by atoms with Crippen LogP contribution in [0.1, 0.15) is 62.5 Å². The van der Waals surface area contributed by atoms with E-state index in [1.807, 2.05) is 12.1 Å². The molecule has 3 aliphatic carbocycles. The van der Waals surface area contributed by atoms with E-state index in [4.69, 9.17) is 20.4 Å². The quantitative estimate of drug-likeness (QED) is 0.367. The van der Waals surface area contributed by atoms with Crippen molar-refractivity contribution in [1.82, 2.24) is 4.90 Å². The normalized spacial score (nSPS) is 32.1. The van der Waals surface area contributed by atoms with Crippen LogP contribution in [0.3, 0.4) is 0 Å². The highest BCUT2D eigenvalue weighted by Crippen LogP contribution is 2.58. The Morgan fingerprint density at radius 2 is 1.65 bits per heavy atom. The molecule has 188 valence electrons. The van der Waals surface area contributed by atoms with Gasteiger partial charge in [0.05, 0.1) is 5.60 Å². The van der Waals surface area contributed by atoms with Crippen LogP contribution in [0.4, 0.5) is 0 Å². The number of carboxylic acid groups (broad SMARTS) is 2. The second-order valence-corrected chi connectivity index (χ2v) is 10.4. The number of aliphatic carboxylic acids is 2. The number of phenols is 1. The number of benzene rings is 1. The van der Waals surface area contributed by atoms with Gasteiger partial charge >= 0.3 is 11.9 Å². The lowest BCUT2D eigenvalue weighted by Crippen LogP contribution is -2.72. The molecule has 2 bridgehead atoms. The molecule has 1 saturated heterocycles. The van der Waals surface area contributed by atoms with E-state index < -0.39 is 29.7 Å². The first-order valence-corrected chi connectivity index (χ1v) is 12.2. The maximum atomic E-state index is 11.9. The molecular formula is C25H35NO8. The third kappa shape index (κ3) is 4.19. The fourth-order valence-electron chi connectivity index (χ4n) is 6.59. The zero-order valence-corrected chi connectivity index (χ0v) is 19.3. The van der Waals surface area contributed by atoms with Crippen molar-refractivity contribution in [2.45, 2.75) is 87.1 Å². The van der Waals surface area contributed by atoms with Gasteiger partial charge in [0.15, 0.2) is 12.2 Å². The lowest BCUT2D eigenvalue weighted by atomic mass is 9.49. The lowest BCUT2D eigenvalue weighted by molar-refractivity contribution is -0.169. The molecule has 1 heterocycles. The van der Waals surface area contributed by atoms with Crippen LogP contribution in [-0.2, 0) is 21.4 Å². The zero-order chi connectivity index (χ0) is 24.7. The second kappa shape index (κ2) is 9.45. The molecule has 0 amide bonds. The highest BCUT2D eigenvalue weighted by atomic mass is 16.4. The Labute approximate surface area is 198 Å². The Morgan fingerprint density at radius 1 is 1.00 bits per heavy atom. The minimum Gasteiger partial charge on any atom is -0.508 e. The summed E-state index contributed by atoms with van der Waals surface area (Å²) in [5.41, 5.74) is 1.89. The highest BCUT2D eigenvalue weighted by Gasteiger charge is 2.63. The Balaban J connectivity index is 0.000000235. The van der Waals surface area contributed by atoms with Crippen LogP contribution in [0.2, 0.25) is 0 Å². The summed E-state index contributed by atoms with van der Waals surface area (Å²) in [7, 11) is 0. The van der Waals surface area contributed by atoms with E-state index in [2.05, 4.69) is 11.0 Å². The van der Waals surface area contributed by atoms with Crippen molar-refractivity contribution >= 4 is 11.9 Å². The first-order chi connectivity index (χ1) is 16.1. The van der Waals surface area contributed by atoms with E-state index in [0.717, 1.165) is 44.6 Å². The van der Waals surface area contributed by atoms with Crippen LogP contribution < -0.4 is 0 Å². The number of rotatable bonds is 5. The predicted octanol–water partition coefficient (Wildman–Crippen LogP) is 1.24. The average molecular weight is 478 g/mol. The monoisotopic (exact) mass is 477 g/mol. The number of likely N-dealkylation sites (tertiary alicyclic amines) is 1. The number of carbonyl (C=O) groups is 2. The SMILES string of the molecule is O=C(O)[C@@H](O)[C@H](O)C(=O)O.Oc1ccc2c(c1)[C@]13CCCC[C@@]1(O)[C@H](C2)N(CC1CCC1)CC3. The van der Waals surface area contributed by atoms with Crippen molar-refractivity contribution in [3.05, 3.63) is 29.3 Å². The summed E-state index contributed by atoms with van der Waals surface area (Å²) in [6.07, 6.45) is 5.93. The first kappa shape index (κ1) is 24.9. The van der Waals surface area contributed by atoms with Gasteiger partial charge in [-0.25, -0.2) is 9.59 Å². The van der Waals surface area contributed by atoms with Crippen LogP contribution in [0.25, 0.3) is 0 Å². The highest BCUT2D eigenvalue weighted by molar-refractivity contribution is 5.83. The maximum absolute atomic E-state index is 11.9. The smallest absolute Gasteiger partial charge is 0.335 e. The minimum absolute atomic E-state index is 0.127. The topological polar surface area (TPSA) is 159 Å². The summed E-state index contributed by atoms with van der Waals surface area (Å²) in [5.74, 6) is -2.33. The summed E-state index contributed by atoms with van der Waals surface area (Å²) < 4.78 is 0. The summed E-state index contributed by atoms with van der Waals surface area (Å²) in [5, 5.41) is 54.6. The van der Waals surface area contributed by atoms with Gasteiger partial charge in [0, 0.05) is 18.0 Å². The van der Waals surface area contributed by atoms with Crippen LogP contribution in [-0.4, -0.2) is 84.4 Å². The summed E-state index contributed by atoms with van der Waals surface area (Å²) >= 11 is 0. The molecule has 1 aliphatic heterocycles. The van der Waals surface area contributed by atoms with E-state index >= 15 is 0 Å². The number of piperidine rings is 1. The van der Waals surface area contributed by atoms with Crippen molar-refractivity contribution in [2.24, 2.45) is 5.92 Å². The number of carboxylic acids is 2. The molecule has 0 unspecified atom stereocenters. The minimum atomic E-state index is -2.27. The Kier molecular flexibility index (Phi) is 6.92. The molecular weight excluding hydrogens is 442 g/mol. The van der Waals surface area contributed by atoms with E-state index in [1.165, 1.54) is 43.4 Å². The van der Waals surface area contributed by atoms with E-state index in [-0.39, 0.29) is 11.5 Å². The van der Waals surface area contributed by atoms with Gasteiger partial charge in [-0.1, -0.05) is 25.3 Å². The number of aliphatic hydroxyl groups is 3. The third-order valence-electron chi connectivity index (χ3n) is 8.60. The van der Waals surface area contributed by atoms with Crippen molar-refractivity contribution < 1.29 is 40.2 Å². The molecule has 5 atom stereocenters. The molecule has 34 heavy (non-hydrogen) atoms. The molecule has 9 heteroatoms. The van der Waals surface area contributed by atoms with Crippen LogP contribution in [0.15, 0.2) is 18.2 Å². The number of aliphatic hydroxyl groups excluding tert-OH is 2. The van der Waals surface area contributed by atoms with Crippen molar-refractivity contribution in [1.29, 1.82) is 0 Å². The summed E-state index contributed by atoms with van der Waals surface area (Å²) in [6, 6.07) is 6.17. The van der Waals surface area contributed by atoms with Gasteiger partial charge in [-0.3, -0.25) is 4.90 Å². The lowest BCUT2D eigenvalue weighted by Gasteiger charge is -2.64. The third-order valence-corrected chi connectivity index (χ3v) is 8.60. The number of aromatic hydroxyl groups is 1. The largest absolute Gasteiger partial charge is 0.508 e. The van der Waals surface area contributed by atoms with E-state index in [9.17, 15) is 19.8 Å². The number of phenolic OH excluding ortho intramolecular Hbond substituents is 1. The molecule has 9 nitrogen and oxygen atoms in total. The van der Waals surface area contributed by atoms with Gasteiger partial charge in [-0.05, 0) is 74.2 Å². The fraction of sp³-hybridized carbons (Fsp3) is 0.680. The molecule has 0 radical (unpaired) electrons. The molecule has 1 aromatic rings. The van der Waals surface area contributed by atoms with Gasteiger partial charge in [0.1, 0.15) is 5.75 Å². The zero-order valence-electron chi connectivity index (χ0n) is 19.3. The fourth-order valence-corrected chi connectivity index (χ4v) is 6.59. The summed E-state index contributed by atoms with van der Waals surface area (Å²) in [4.78, 5) is 22.2. The Morgan fingerprint density at radius 3 is 2.24 bits per heavy atom. The number of hydrogen-bond acceptors (Lipinski definition) is 7. The van der Waals surface area contributed by atoms with Crippen LogP contribution in [0.5, 0.6) is 5.75 Å². The maximum Gasteiger partial charge on any atom is 0.335 e. The van der Waals surface area contributed by atoms with Crippen molar-refractivity contribution in [2.75, 3.05) is 13.1 Å². The van der Waals surface area contributed by atoms with Gasteiger partial charge < -0.3 is 30.6 Å². The van der Waals surface area contributed by atoms with E-state index in [1.54, 1.807) is 0 Å². The molecule has 1 aromatic carbocycles. The molecule has 6 N–H and O–H groups in total. The standard InChI is InChI=1S/C21H29NO2.C4H6O6/c23-17-7-6-16-12-19-21(24)9-2-1-8-20(21,18(16)13-17)10-11-22(19)14-15-4-3-5-15;5-1(3(7)8)2(6)4(9)10/h6-7,13,15,19,23-24H,1-5,8-12,14H2;1-2,5-6H,(H,7,8)(H,9,10)/t19-,20+,21+;1-,2-/m00/s1. The van der Waals surface area contributed by atoms with Gasteiger partial charge in [-0.15, -0.1) is 0 Å². The molecule has 3 fully saturated rings. The predicted molar refractivity (Wildman–Crippen MR) is 122 cm³/mol. The molecule has 5 rings (SSSR count). The van der Waals surface area contributed by atoms with Crippen molar-refractivity contribution in [3.63, 3.8) is 0 Å². The average Bonchev–Trinajstić information content (AvgIpc) is 2.76. The van der Waals surface area contributed by atoms with Gasteiger partial charge in [0.2, 0.25) is 0 Å². The van der Waals surface area contributed by atoms with Crippen molar-refractivity contribution in [3.8, 4) is 5.75 Å². The van der Waals surface area contributed by atoms with Crippen LogP contribution in [0, 0.1) is 5.92 Å².